The van der Waals surface area contributed by atoms with Crippen molar-refractivity contribution in [2.75, 3.05) is 15.4 Å². The molecule has 0 radical (unpaired) electrons. The summed E-state index contributed by atoms with van der Waals surface area (Å²) in [6, 6.07) is 30.4. The maximum absolute atomic E-state index is 13.4. The first-order chi connectivity index (χ1) is 21.1. The summed E-state index contributed by atoms with van der Waals surface area (Å²) in [6.07, 6.45) is 0. The lowest BCUT2D eigenvalue weighted by Gasteiger charge is -2.15. The van der Waals surface area contributed by atoms with Gasteiger partial charge in [-0.1, -0.05) is 60.2 Å². The van der Waals surface area contributed by atoms with Crippen LogP contribution in [0.2, 0.25) is 0 Å². The Morgan fingerprint density at radius 3 is 2.00 bits per heavy atom. The predicted molar refractivity (Wildman–Crippen MR) is 167 cm³/mol. The van der Waals surface area contributed by atoms with Gasteiger partial charge in [0.2, 0.25) is 0 Å². The van der Waals surface area contributed by atoms with Gasteiger partial charge in [0.05, 0.1) is 21.8 Å². The van der Waals surface area contributed by atoms with Gasteiger partial charge in [-0.3, -0.25) is 19.1 Å². The summed E-state index contributed by atoms with van der Waals surface area (Å²) in [7, 11) is -4.03. The molecule has 0 atom stereocenters. The fourth-order valence-corrected chi connectivity index (χ4v) is 5.48. The molecule has 0 fully saturated rings. The molecule has 8 nitrogen and oxygen atoms in total. The second-order valence-electron chi connectivity index (χ2n) is 9.84. The van der Waals surface area contributed by atoms with E-state index in [9.17, 15) is 27.2 Å². The Morgan fingerprint density at radius 2 is 1.25 bits per heavy atom. The summed E-state index contributed by atoms with van der Waals surface area (Å²) in [5.74, 6) is -1.96. The van der Waals surface area contributed by atoms with Gasteiger partial charge in [0, 0.05) is 22.4 Å². The number of hydrogen-bond donors (Lipinski definition) is 3. The van der Waals surface area contributed by atoms with Crippen LogP contribution in [-0.4, -0.2) is 26.0 Å². The number of carbonyl (C=O) groups is 3. The van der Waals surface area contributed by atoms with E-state index in [1.807, 2.05) is 13.0 Å². The first-order valence-corrected chi connectivity index (χ1v) is 14.9. The number of benzene rings is 5. The average Bonchev–Trinajstić information content (AvgIpc) is 3.02. The quantitative estimate of drug-likeness (QED) is 0.162. The van der Waals surface area contributed by atoms with E-state index >= 15 is 0 Å². The van der Waals surface area contributed by atoms with Crippen molar-refractivity contribution in [2.45, 2.75) is 11.8 Å². The number of halogens is 1. The fourth-order valence-electron chi connectivity index (χ4n) is 4.43. The number of rotatable bonds is 9. The molecule has 0 aromatic heterocycles. The van der Waals surface area contributed by atoms with Gasteiger partial charge in [0.1, 0.15) is 5.82 Å². The minimum Gasteiger partial charge on any atom is -0.321 e. The molecule has 3 N–H and O–H groups in total. The van der Waals surface area contributed by atoms with Crippen molar-refractivity contribution in [2.24, 2.45) is 0 Å². The zero-order chi connectivity index (χ0) is 31.3. The van der Waals surface area contributed by atoms with Gasteiger partial charge in [-0.15, -0.1) is 0 Å². The Balaban J connectivity index is 1.35. The van der Waals surface area contributed by atoms with E-state index in [1.165, 1.54) is 30.3 Å². The highest BCUT2D eigenvalue weighted by Crippen LogP contribution is 2.25. The lowest BCUT2D eigenvalue weighted by Crippen LogP contribution is -2.20. The highest BCUT2D eigenvalue weighted by molar-refractivity contribution is 7.92. The number of hydrogen-bond acceptors (Lipinski definition) is 5. The number of nitrogens with one attached hydrogen (secondary N) is 3. The lowest BCUT2D eigenvalue weighted by atomic mass is 9.99. The molecule has 0 aliphatic rings. The summed E-state index contributed by atoms with van der Waals surface area (Å²) in [5, 5.41) is 5.51. The molecule has 2 amide bonds. The van der Waals surface area contributed by atoms with Gasteiger partial charge >= 0.3 is 0 Å². The van der Waals surface area contributed by atoms with Crippen LogP contribution in [0.5, 0.6) is 0 Å². The standard InChI is InChI=1S/C34H26FN3O5S/c1-22-14-19-31(29(20-22)32(39)23-8-3-2-4-9-23)37-34(41)28-12-5-6-13-30(28)36-33(40)24-10-7-11-26(21-24)38-44(42,43)27-17-15-25(35)16-18-27/h2-21,38H,1H3,(H,36,40)(H,37,41). The first-order valence-electron chi connectivity index (χ1n) is 13.4. The zero-order valence-electron chi connectivity index (χ0n) is 23.4. The van der Waals surface area contributed by atoms with Crippen LogP contribution in [0.25, 0.3) is 0 Å². The van der Waals surface area contributed by atoms with E-state index in [0.717, 1.165) is 29.8 Å². The van der Waals surface area contributed by atoms with Crippen molar-refractivity contribution in [3.63, 3.8) is 0 Å². The Kier molecular flexibility index (Phi) is 8.63. The Morgan fingerprint density at radius 1 is 0.614 bits per heavy atom. The minimum absolute atomic E-state index is 0.114. The van der Waals surface area contributed by atoms with E-state index in [1.54, 1.807) is 60.7 Å². The topological polar surface area (TPSA) is 121 Å². The van der Waals surface area contributed by atoms with E-state index in [4.69, 9.17) is 0 Å². The Labute approximate surface area is 253 Å². The van der Waals surface area contributed by atoms with Gasteiger partial charge < -0.3 is 10.6 Å². The third kappa shape index (κ3) is 6.88. The van der Waals surface area contributed by atoms with Crippen molar-refractivity contribution in [1.82, 2.24) is 0 Å². The maximum Gasteiger partial charge on any atom is 0.261 e. The lowest BCUT2D eigenvalue weighted by molar-refractivity contribution is 0.102. The summed E-state index contributed by atoms with van der Waals surface area (Å²) in [6.45, 7) is 1.85. The Hall–Kier alpha value is -5.61. The van der Waals surface area contributed by atoms with Crippen LogP contribution in [0.3, 0.4) is 0 Å². The number of sulfonamides is 1. The Bertz CT molecular complexity index is 1980. The molecular formula is C34H26FN3O5S. The zero-order valence-corrected chi connectivity index (χ0v) is 24.2. The van der Waals surface area contributed by atoms with Crippen LogP contribution in [0.1, 0.15) is 42.2 Å². The predicted octanol–water partition coefficient (Wildman–Crippen LogP) is 6.67. The highest BCUT2D eigenvalue weighted by Gasteiger charge is 2.20. The van der Waals surface area contributed by atoms with Crippen molar-refractivity contribution in [1.29, 1.82) is 0 Å². The van der Waals surface area contributed by atoms with Crippen molar-refractivity contribution >= 4 is 44.7 Å². The van der Waals surface area contributed by atoms with E-state index in [0.29, 0.717) is 16.8 Å². The molecule has 0 heterocycles. The van der Waals surface area contributed by atoms with Crippen LogP contribution in [-0.2, 0) is 10.0 Å². The average molecular weight is 608 g/mol. The van der Waals surface area contributed by atoms with Crippen molar-refractivity contribution in [3.05, 3.63) is 155 Å². The van der Waals surface area contributed by atoms with E-state index in [-0.39, 0.29) is 33.2 Å². The van der Waals surface area contributed by atoms with Crippen LogP contribution < -0.4 is 15.4 Å². The summed E-state index contributed by atoms with van der Waals surface area (Å²) in [5.41, 5.74) is 2.54. The number of para-hydroxylation sites is 1. The van der Waals surface area contributed by atoms with Crippen LogP contribution in [0, 0.1) is 12.7 Å². The second-order valence-corrected chi connectivity index (χ2v) is 11.5. The molecule has 0 saturated carbocycles. The molecule has 0 saturated heterocycles. The third-order valence-corrected chi connectivity index (χ3v) is 8.02. The molecule has 0 unspecified atom stereocenters. The number of aryl methyl sites for hydroxylation is 1. The van der Waals surface area contributed by atoms with Gasteiger partial charge in [-0.2, -0.15) is 0 Å². The number of amides is 2. The van der Waals surface area contributed by atoms with Gasteiger partial charge in [-0.25, -0.2) is 12.8 Å². The molecule has 5 aromatic carbocycles. The first kappa shape index (κ1) is 29.9. The van der Waals surface area contributed by atoms with Gasteiger partial charge in [0.25, 0.3) is 21.8 Å². The largest absolute Gasteiger partial charge is 0.321 e. The van der Waals surface area contributed by atoms with Crippen LogP contribution in [0.4, 0.5) is 21.5 Å². The summed E-state index contributed by atoms with van der Waals surface area (Å²) < 4.78 is 41.1. The smallest absolute Gasteiger partial charge is 0.261 e. The SMILES string of the molecule is Cc1ccc(NC(=O)c2ccccc2NC(=O)c2cccc(NS(=O)(=O)c3ccc(F)cc3)c2)c(C(=O)c2ccccc2)c1. The molecule has 0 bridgehead atoms. The van der Waals surface area contributed by atoms with Gasteiger partial charge in [0.15, 0.2) is 5.78 Å². The molecule has 220 valence electrons. The number of ketones is 1. The van der Waals surface area contributed by atoms with Gasteiger partial charge in [-0.05, 0) is 73.7 Å². The molecule has 10 heteroatoms. The molecule has 44 heavy (non-hydrogen) atoms. The van der Waals surface area contributed by atoms with Crippen molar-refractivity contribution < 1.29 is 27.2 Å². The summed E-state index contributed by atoms with van der Waals surface area (Å²) >= 11 is 0. The molecule has 0 aliphatic carbocycles. The number of anilines is 3. The molecule has 5 rings (SSSR count). The van der Waals surface area contributed by atoms with Crippen LogP contribution in [0.15, 0.2) is 126 Å². The maximum atomic E-state index is 13.4. The van der Waals surface area contributed by atoms with Crippen LogP contribution >= 0.6 is 0 Å². The number of carbonyl (C=O) groups excluding carboxylic acids is 3. The molecule has 5 aromatic rings. The van der Waals surface area contributed by atoms with E-state index in [2.05, 4.69) is 15.4 Å². The third-order valence-electron chi connectivity index (χ3n) is 6.62. The molecule has 0 spiro atoms. The monoisotopic (exact) mass is 607 g/mol. The highest BCUT2D eigenvalue weighted by atomic mass is 32.2. The normalized spacial score (nSPS) is 11.0. The summed E-state index contributed by atoms with van der Waals surface area (Å²) in [4.78, 5) is 39.8. The fraction of sp³-hybridized carbons (Fsp3) is 0.0294. The minimum atomic E-state index is -4.03. The molecular weight excluding hydrogens is 581 g/mol. The van der Waals surface area contributed by atoms with Crippen molar-refractivity contribution in [3.8, 4) is 0 Å². The molecule has 0 aliphatic heterocycles. The van der Waals surface area contributed by atoms with E-state index < -0.39 is 27.7 Å². The second kappa shape index (κ2) is 12.7.